The van der Waals surface area contributed by atoms with Crippen molar-refractivity contribution in [2.24, 2.45) is 5.92 Å². The van der Waals surface area contributed by atoms with Gasteiger partial charge in [0.1, 0.15) is 5.25 Å². The second kappa shape index (κ2) is 7.99. The van der Waals surface area contributed by atoms with Crippen LogP contribution in [0.3, 0.4) is 0 Å². The lowest BCUT2D eigenvalue weighted by Crippen LogP contribution is -2.32. The van der Waals surface area contributed by atoms with Crippen molar-refractivity contribution in [2.45, 2.75) is 23.1 Å². The number of halogens is 1. The first-order valence-corrected chi connectivity index (χ1v) is 11.9. The Balaban J connectivity index is 1.64. The number of phenols is 1. The average Bonchev–Trinajstić information content (AvgIpc) is 3.25. The third kappa shape index (κ3) is 3.32. The van der Waals surface area contributed by atoms with Crippen molar-refractivity contribution in [3.05, 3.63) is 67.6 Å². The van der Waals surface area contributed by atoms with Crippen LogP contribution in [0.1, 0.15) is 23.3 Å². The van der Waals surface area contributed by atoms with Crippen LogP contribution in [0.2, 0.25) is 5.02 Å². The average molecular weight is 489 g/mol. The monoisotopic (exact) mass is 488 g/mol. The Labute approximate surface area is 196 Å². The summed E-state index contributed by atoms with van der Waals surface area (Å²) in [7, 11) is 0. The highest BCUT2D eigenvalue weighted by Gasteiger charge is 2.56. The fourth-order valence-electron chi connectivity index (χ4n) is 4.22. The molecule has 2 aliphatic rings. The molecule has 0 radical (unpaired) electrons. The predicted molar refractivity (Wildman–Crippen MR) is 123 cm³/mol. The van der Waals surface area contributed by atoms with Gasteiger partial charge in [0.05, 0.1) is 23.2 Å². The number of carbonyl (C=O) groups excluding carboxylic acids is 2. The van der Waals surface area contributed by atoms with Crippen LogP contribution in [0.4, 0.5) is 5.69 Å². The number of rotatable bonds is 4. The summed E-state index contributed by atoms with van der Waals surface area (Å²) in [5.74, 6) is -1.64. The summed E-state index contributed by atoms with van der Waals surface area (Å²) >= 11 is 8.22. The number of H-pyrrole nitrogens is 1. The van der Waals surface area contributed by atoms with Crippen LogP contribution < -0.4 is 14.5 Å². The van der Waals surface area contributed by atoms with Crippen molar-refractivity contribution >= 4 is 52.2 Å². The summed E-state index contributed by atoms with van der Waals surface area (Å²) in [4.78, 5) is 43.6. The van der Waals surface area contributed by atoms with Crippen LogP contribution in [-0.4, -0.2) is 33.8 Å². The van der Waals surface area contributed by atoms with Crippen LogP contribution in [0, 0.1) is 5.92 Å². The molecule has 3 heterocycles. The molecule has 164 valence electrons. The van der Waals surface area contributed by atoms with Gasteiger partial charge in [-0.2, -0.15) is 0 Å². The third-order valence-electron chi connectivity index (χ3n) is 5.55. The molecule has 2 aliphatic heterocycles. The Hall–Kier alpha value is -2.75. The number of hydrogen-bond donors (Lipinski definition) is 2. The van der Waals surface area contributed by atoms with E-state index in [0.717, 1.165) is 11.3 Å². The molecule has 5 rings (SSSR count). The number of thioether (sulfide) groups is 1. The lowest BCUT2D eigenvalue weighted by Gasteiger charge is -2.30. The van der Waals surface area contributed by atoms with E-state index < -0.39 is 17.1 Å². The standard InChI is InChI=1S/C22H17ClN2O5S2/c1-2-30-14-9-10(3-8-13(14)26)15-16-18(31-19-17(15)32-22(29)24-19)21(28)25(20(16)27)12-6-4-11(23)5-7-12/h3-9,15-16,18,26H,2H2,1H3,(H,24,29)/t15-,16-,18+/m0/s1. The van der Waals surface area contributed by atoms with Crippen LogP contribution in [0.25, 0.3) is 0 Å². The number of aromatic amines is 1. The Kier molecular flexibility index (Phi) is 5.27. The lowest BCUT2D eigenvalue weighted by atomic mass is 9.83. The number of thiazole rings is 1. The Bertz CT molecular complexity index is 1290. The predicted octanol–water partition coefficient (Wildman–Crippen LogP) is 3.99. The number of fused-ring (bicyclic) bond motifs is 2. The molecule has 10 heteroatoms. The molecule has 32 heavy (non-hydrogen) atoms. The zero-order chi connectivity index (χ0) is 22.6. The maximum Gasteiger partial charge on any atom is 0.305 e. The van der Waals surface area contributed by atoms with Crippen molar-refractivity contribution in [1.29, 1.82) is 0 Å². The first-order chi connectivity index (χ1) is 15.4. The van der Waals surface area contributed by atoms with Gasteiger partial charge in [0.25, 0.3) is 0 Å². The molecule has 2 aromatic carbocycles. The molecule has 2 amide bonds. The Morgan fingerprint density at radius 2 is 1.88 bits per heavy atom. The summed E-state index contributed by atoms with van der Waals surface area (Å²) in [6.45, 7) is 2.16. The number of amides is 2. The SMILES string of the molecule is CCOc1cc([C@@H]2c3sc(=O)[nH]c3S[C@H]3C(=O)N(c4ccc(Cl)cc4)C(=O)[C@@H]23)ccc1O. The minimum Gasteiger partial charge on any atom is -0.504 e. The van der Waals surface area contributed by atoms with Gasteiger partial charge >= 0.3 is 4.87 Å². The molecular formula is C22H17ClN2O5S2. The van der Waals surface area contributed by atoms with Crippen LogP contribution >= 0.6 is 34.7 Å². The molecule has 1 aromatic heterocycles. The quantitative estimate of drug-likeness (QED) is 0.539. The van der Waals surface area contributed by atoms with E-state index in [-0.39, 0.29) is 28.2 Å². The molecule has 3 aromatic rings. The van der Waals surface area contributed by atoms with Crippen molar-refractivity contribution in [3.8, 4) is 11.5 Å². The molecule has 7 nitrogen and oxygen atoms in total. The van der Waals surface area contributed by atoms with Gasteiger partial charge in [0.2, 0.25) is 11.8 Å². The fraction of sp³-hybridized carbons (Fsp3) is 0.227. The number of anilines is 1. The van der Waals surface area contributed by atoms with Crippen molar-refractivity contribution in [2.75, 3.05) is 11.5 Å². The lowest BCUT2D eigenvalue weighted by molar-refractivity contribution is -0.122. The summed E-state index contributed by atoms with van der Waals surface area (Å²) in [6, 6.07) is 11.4. The zero-order valence-electron chi connectivity index (χ0n) is 16.7. The third-order valence-corrected chi connectivity index (χ3v) is 8.20. The van der Waals surface area contributed by atoms with E-state index >= 15 is 0 Å². The fourth-order valence-corrected chi connectivity index (χ4v) is 6.86. The number of carbonyl (C=O) groups is 2. The van der Waals surface area contributed by atoms with E-state index in [4.69, 9.17) is 16.3 Å². The minimum atomic E-state index is -0.707. The van der Waals surface area contributed by atoms with Gasteiger partial charge in [-0.25, -0.2) is 4.90 Å². The number of phenolic OH excluding ortho intramolecular Hbond substituents is 1. The van der Waals surface area contributed by atoms with E-state index in [1.165, 1.54) is 22.7 Å². The molecule has 0 spiro atoms. The van der Waals surface area contributed by atoms with Gasteiger partial charge in [0, 0.05) is 15.8 Å². The van der Waals surface area contributed by atoms with Gasteiger partial charge in [-0.1, -0.05) is 40.8 Å². The highest BCUT2D eigenvalue weighted by Crippen LogP contribution is 2.53. The first kappa shape index (κ1) is 21.1. The molecule has 1 fully saturated rings. The molecule has 1 saturated heterocycles. The normalized spacial score (nSPS) is 22.1. The van der Waals surface area contributed by atoms with Gasteiger partial charge in [-0.3, -0.25) is 14.4 Å². The maximum absolute atomic E-state index is 13.6. The maximum atomic E-state index is 13.6. The molecular weight excluding hydrogens is 472 g/mol. The number of benzene rings is 2. The van der Waals surface area contributed by atoms with Crippen molar-refractivity contribution < 1.29 is 19.4 Å². The van der Waals surface area contributed by atoms with Crippen molar-refractivity contribution in [1.82, 2.24) is 4.98 Å². The number of nitrogens with zero attached hydrogens (tertiary/aromatic N) is 1. The molecule has 0 bridgehead atoms. The van der Waals surface area contributed by atoms with Crippen LogP contribution in [0.5, 0.6) is 11.5 Å². The molecule has 0 unspecified atom stereocenters. The number of aromatic hydroxyl groups is 1. The largest absolute Gasteiger partial charge is 0.504 e. The van der Waals surface area contributed by atoms with E-state index in [9.17, 15) is 19.5 Å². The molecule has 0 aliphatic carbocycles. The van der Waals surface area contributed by atoms with E-state index in [1.807, 2.05) is 0 Å². The highest BCUT2D eigenvalue weighted by molar-refractivity contribution is 8.00. The summed E-state index contributed by atoms with van der Waals surface area (Å²) in [5.41, 5.74) is 1.15. The molecule has 3 atom stereocenters. The summed E-state index contributed by atoms with van der Waals surface area (Å²) in [6.07, 6.45) is 0. The van der Waals surface area contributed by atoms with Gasteiger partial charge in [-0.05, 0) is 48.9 Å². The Morgan fingerprint density at radius 3 is 2.59 bits per heavy atom. The van der Waals surface area contributed by atoms with Gasteiger partial charge in [0.15, 0.2) is 11.5 Å². The number of hydrogen-bond acceptors (Lipinski definition) is 7. The van der Waals surface area contributed by atoms with E-state index in [2.05, 4.69) is 4.98 Å². The zero-order valence-corrected chi connectivity index (χ0v) is 19.1. The number of imide groups is 1. The second-order valence-electron chi connectivity index (χ2n) is 7.40. The number of ether oxygens (including phenoxy) is 1. The summed E-state index contributed by atoms with van der Waals surface area (Å²) in [5, 5.41) is 10.5. The smallest absolute Gasteiger partial charge is 0.305 e. The molecule has 0 saturated carbocycles. The highest BCUT2D eigenvalue weighted by atomic mass is 35.5. The van der Waals surface area contributed by atoms with Gasteiger partial charge < -0.3 is 14.8 Å². The number of nitrogens with one attached hydrogen (secondary N) is 1. The van der Waals surface area contributed by atoms with Crippen LogP contribution in [-0.2, 0) is 9.59 Å². The second-order valence-corrected chi connectivity index (χ2v) is 10.0. The molecule has 2 N–H and O–H groups in total. The summed E-state index contributed by atoms with van der Waals surface area (Å²) < 4.78 is 5.53. The van der Waals surface area contributed by atoms with Gasteiger partial charge in [-0.15, -0.1) is 0 Å². The van der Waals surface area contributed by atoms with E-state index in [1.54, 1.807) is 43.3 Å². The Morgan fingerprint density at radius 1 is 1.12 bits per heavy atom. The topological polar surface area (TPSA) is 99.7 Å². The number of aromatic nitrogens is 1. The first-order valence-electron chi connectivity index (χ1n) is 9.87. The minimum absolute atomic E-state index is 0.0172. The van der Waals surface area contributed by atoms with Crippen LogP contribution in [0.15, 0.2) is 52.3 Å². The van der Waals surface area contributed by atoms with E-state index in [0.29, 0.717) is 32.8 Å². The van der Waals surface area contributed by atoms with Crippen molar-refractivity contribution in [3.63, 3.8) is 0 Å².